The molecule has 4 amide bonds. The Morgan fingerprint density at radius 2 is 2.00 bits per heavy atom. The van der Waals surface area contributed by atoms with Gasteiger partial charge in [0, 0.05) is 13.1 Å². The lowest BCUT2D eigenvalue weighted by Gasteiger charge is -2.30. The number of hydrogen-bond acceptors (Lipinski definition) is 6. The van der Waals surface area contributed by atoms with Gasteiger partial charge >= 0.3 is 12.1 Å². The molecule has 152 valence electrons. The second-order valence-electron chi connectivity index (χ2n) is 8.27. The van der Waals surface area contributed by atoms with Gasteiger partial charge in [0.1, 0.15) is 11.6 Å². The van der Waals surface area contributed by atoms with Gasteiger partial charge in [-0.1, -0.05) is 0 Å². The highest BCUT2D eigenvalue weighted by Crippen LogP contribution is 2.28. The third-order valence-electron chi connectivity index (χ3n) is 5.10. The van der Waals surface area contributed by atoms with Gasteiger partial charge in [-0.25, -0.2) is 20.1 Å². The summed E-state index contributed by atoms with van der Waals surface area (Å²) >= 11 is 0. The summed E-state index contributed by atoms with van der Waals surface area (Å²) in [5, 5.41) is 10.4. The molecule has 3 rings (SSSR count). The fourth-order valence-electron chi connectivity index (χ4n) is 3.77. The lowest BCUT2D eigenvalue weighted by Crippen LogP contribution is -2.50. The highest BCUT2D eigenvalue weighted by atomic mass is 16.7. The van der Waals surface area contributed by atoms with Gasteiger partial charge in [0.2, 0.25) is 0 Å². The predicted octanol–water partition coefficient (Wildman–Crippen LogP) is 1.09. The van der Waals surface area contributed by atoms with Crippen LogP contribution in [0.4, 0.5) is 9.59 Å². The van der Waals surface area contributed by atoms with Crippen LogP contribution >= 0.6 is 0 Å². The van der Waals surface area contributed by atoms with E-state index in [0.29, 0.717) is 31.0 Å². The van der Waals surface area contributed by atoms with Gasteiger partial charge in [-0.05, 0) is 46.5 Å². The molecule has 10 nitrogen and oxygen atoms in total. The molecule has 0 aromatic carbocycles. The molecule has 2 bridgehead atoms. The molecule has 3 fully saturated rings. The summed E-state index contributed by atoms with van der Waals surface area (Å²) in [6.07, 6.45) is 2.26. The minimum absolute atomic E-state index is 0.153. The van der Waals surface area contributed by atoms with E-state index < -0.39 is 23.6 Å². The summed E-state index contributed by atoms with van der Waals surface area (Å²) in [7, 11) is 0. The number of rotatable bonds is 4. The Morgan fingerprint density at radius 1 is 1.26 bits per heavy atom. The lowest BCUT2D eigenvalue weighted by molar-refractivity contribution is -0.140. The van der Waals surface area contributed by atoms with Crippen molar-refractivity contribution in [3.8, 4) is 0 Å². The van der Waals surface area contributed by atoms with Crippen molar-refractivity contribution in [3.63, 3.8) is 0 Å². The number of carbonyl (C=O) groups is 3. The number of amides is 4. The summed E-state index contributed by atoms with van der Waals surface area (Å²) in [5.41, 5.74) is 1.82. The van der Waals surface area contributed by atoms with Gasteiger partial charge in [0.25, 0.3) is 5.91 Å². The van der Waals surface area contributed by atoms with Gasteiger partial charge in [0.15, 0.2) is 0 Å². The van der Waals surface area contributed by atoms with Gasteiger partial charge in [-0.15, -0.1) is 0 Å². The van der Waals surface area contributed by atoms with E-state index in [1.807, 2.05) is 20.8 Å². The largest absolute Gasteiger partial charge is 0.444 e. The first-order valence-electron chi connectivity index (χ1n) is 9.37. The minimum atomic E-state index is -0.656. The number of ether oxygens (including phenoxy) is 1. The Hall–Kier alpha value is -2.07. The lowest BCUT2D eigenvalue weighted by atomic mass is 10.0. The maximum atomic E-state index is 12.4. The Kier molecular flexibility index (Phi) is 5.48. The molecule has 1 unspecified atom stereocenters. The number of piperidine rings is 1. The molecule has 3 saturated heterocycles. The highest BCUT2D eigenvalue weighted by Gasteiger charge is 2.47. The molecule has 0 aromatic rings. The van der Waals surface area contributed by atoms with E-state index in [1.54, 1.807) is 4.90 Å². The predicted molar refractivity (Wildman–Crippen MR) is 92.6 cm³/mol. The SMILES string of the molecule is CC(C)(C)OC(=O)N1CCC[C@H]1CONC(=O)[C@@H]1CCC2CN1C(=O)N2O. The maximum absolute atomic E-state index is 12.4. The first-order valence-corrected chi connectivity index (χ1v) is 9.37. The standard InChI is InChI=1S/C17H28N4O6/c1-17(2,3)27-16(24)19-8-4-5-12(19)10-26-18-14(22)13-7-6-11-9-20(13)15(23)21(11)25/h11-13,25H,4-10H2,1-3H3,(H,18,22)/t11?,12-,13-/m0/s1. The van der Waals surface area contributed by atoms with Crippen molar-refractivity contribution in [1.82, 2.24) is 20.3 Å². The van der Waals surface area contributed by atoms with Gasteiger partial charge in [0.05, 0.1) is 18.7 Å². The van der Waals surface area contributed by atoms with Gasteiger partial charge in [-0.3, -0.25) is 14.8 Å². The van der Waals surface area contributed by atoms with Gasteiger partial charge in [-0.2, -0.15) is 0 Å². The number of likely N-dealkylation sites (tertiary alicyclic amines) is 1. The zero-order valence-electron chi connectivity index (χ0n) is 16.0. The number of nitrogens with zero attached hydrogens (tertiary/aromatic N) is 3. The third-order valence-corrected chi connectivity index (χ3v) is 5.10. The molecular formula is C17H28N4O6. The molecule has 0 radical (unpaired) electrons. The zero-order valence-corrected chi connectivity index (χ0v) is 16.0. The molecule has 3 heterocycles. The van der Waals surface area contributed by atoms with Crippen molar-refractivity contribution in [1.29, 1.82) is 0 Å². The number of carbonyl (C=O) groups excluding carboxylic acids is 3. The third kappa shape index (κ3) is 4.27. The second-order valence-corrected chi connectivity index (χ2v) is 8.27. The average Bonchev–Trinajstić information content (AvgIpc) is 3.14. The molecule has 0 spiro atoms. The number of hydroxylamine groups is 3. The fraction of sp³-hybridized carbons (Fsp3) is 0.824. The maximum Gasteiger partial charge on any atom is 0.410 e. The van der Waals surface area contributed by atoms with Crippen LogP contribution in [-0.4, -0.2) is 81.5 Å². The van der Waals surface area contributed by atoms with Crippen LogP contribution in [0.5, 0.6) is 0 Å². The molecule has 3 aliphatic rings. The van der Waals surface area contributed by atoms with E-state index in [0.717, 1.165) is 12.8 Å². The Labute approximate surface area is 158 Å². The van der Waals surface area contributed by atoms with E-state index in [-0.39, 0.29) is 24.8 Å². The van der Waals surface area contributed by atoms with Crippen molar-refractivity contribution in [2.45, 2.75) is 70.2 Å². The molecular weight excluding hydrogens is 356 g/mol. The van der Waals surface area contributed by atoms with Crippen molar-refractivity contribution in [3.05, 3.63) is 0 Å². The van der Waals surface area contributed by atoms with Gasteiger partial charge < -0.3 is 14.5 Å². The quantitative estimate of drug-likeness (QED) is 0.554. The molecule has 3 atom stereocenters. The number of nitrogens with one attached hydrogen (secondary N) is 1. The van der Waals surface area contributed by atoms with Crippen molar-refractivity contribution in [2.24, 2.45) is 0 Å². The monoisotopic (exact) mass is 384 g/mol. The van der Waals surface area contributed by atoms with E-state index in [2.05, 4.69) is 5.48 Å². The van der Waals surface area contributed by atoms with Crippen LogP contribution in [0.1, 0.15) is 46.5 Å². The highest BCUT2D eigenvalue weighted by molar-refractivity contribution is 5.87. The second kappa shape index (κ2) is 7.51. The summed E-state index contributed by atoms with van der Waals surface area (Å²) in [4.78, 5) is 44.9. The average molecular weight is 384 g/mol. The van der Waals surface area contributed by atoms with Crippen molar-refractivity contribution in [2.75, 3.05) is 19.7 Å². The molecule has 3 aliphatic heterocycles. The van der Waals surface area contributed by atoms with Crippen LogP contribution in [0.2, 0.25) is 0 Å². The van der Waals surface area contributed by atoms with Crippen LogP contribution in [0.25, 0.3) is 0 Å². The minimum Gasteiger partial charge on any atom is -0.444 e. The summed E-state index contributed by atoms with van der Waals surface area (Å²) in [5.74, 6) is -0.418. The molecule has 0 aromatic heterocycles. The van der Waals surface area contributed by atoms with E-state index in [4.69, 9.17) is 9.57 Å². The molecule has 2 N–H and O–H groups in total. The van der Waals surface area contributed by atoms with Crippen molar-refractivity contribution >= 4 is 18.0 Å². The van der Waals surface area contributed by atoms with E-state index >= 15 is 0 Å². The first-order chi connectivity index (χ1) is 12.7. The summed E-state index contributed by atoms with van der Waals surface area (Å²) in [6, 6.07) is -1.62. The summed E-state index contributed by atoms with van der Waals surface area (Å²) < 4.78 is 5.40. The molecule has 27 heavy (non-hydrogen) atoms. The number of fused-ring (bicyclic) bond motifs is 2. The normalized spacial score (nSPS) is 27.9. The Bertz CT molecular complexity index is 607. The van der Waals surface area contributed by atoms with E-state index in [1.165, 1.54) is 4.90 Å². The van der Waals surface area contributed by atoms with Crippen LogP contribution in [0.3, 0.4) is 0 Å². The molecule has 0 saturated carbocycles. The van der Waals surface area contributed by atoms with Crippen LogP contribution in [0, 0.1) is 0 Å². The Balaban J connectivity index is 1.47. The summed E-state index contributed by atoms with van der Waals surface area (Å²) in [6.45, 7) is 6.52. The smallest absolute Gasteiger partial charge is 0.410 e. The van der Waals surface area contributed by atoms with E-state index in [9.17, 15) is 19.6 Å². The number of hydrogen-bond donors (Lipinski definition) is 2. The molecule has 10 heteroatoms. The van der Waals surface area contributed by atoms with Crippen molar-refractivity contribution < 1.29 is 29.2 Å². The fourth-order valence-corrected chi connectivity index (χ4v) is 3.77. The topological polar surface area (TPSA) is 112 Å². The van der Waals surface area contributed by atoms with Crippen LogP contribution in [-0.2, 0) is 14.4 Å². The zero-order chi connectivity index (χ0) is 19.8. The first kappa shape index (κ1) is 19.7. The van der Waals surface area contributed by atoms with Crippen LogP contribution in [0.15, 0.2) is 0 Å². The number of urea groups is 1. The van der Waals surface area contributed by atoms with Crippen LogP contribution < -0.4 is 5.48 Å². The Morgan fingerprint density at radius 3 is 2.70 bits per heavy atom. The molecule has 0 aliphatic carbocycles.